The number of rotatable bonds is 10. The summed E-state index contributed by atoms with van der Waals surface area (Å²) in [4.78, 5) is 33.4. The highest BCUT2D eigenvalue weighted by Crippen LogP contribution is 2.32. The van der Waals surface area contributed by atoms with Gasteiger partial charge in [0.05, 0.1) is 34.4 Å². The Bertz CT molecular complexity index is 1640. The van der Waals surface area contributed by atoms with Gasteiger partial charge in [0.2, 0.25) is 0 Å². The van der Waals surface area contributed by atoms with E-state index in [-0.39, 0.29) is 22.1 Å². The van der Waals surface area contributed by atoms with E-state index in [0.29, 0.717) is 55.2 Å². The Hall–Kier alpha value is -3.26. The van der Waals surface area contributed by atoms with E-state index in [1.165, 1.54) is 6.07 Å². The average molecular weight is 639 g/mol. The lowest BCUT2D eigenvalue weighted by atomic mass is 9.89. The highest BCUT2D eigenvalue weighted by Gasteiger charge is 2.41. The summed E-state index contributed by atoms with van der Waals surface area (Å²) >= 11 is 2.54. The Labute approximate surface area is 263 Å². The van der Waals surface area contributed by atoms with Crippen LogP contribution in [-0.4, -0.2) is 89.0 Å². The Balaban J connectivity index is 0.910. The highest BCUT2D eigenvalue weighted by molar-refractivity contribution is 7.16. The second kappa shape index (κ2) is 13.4. The van der Waals surface area contributed by atoms with Crippen LogP contribution in [0.5, 0.6) is 11.5 Å². The van der Waals surface area contributed by atoms with Gasteiger partial charge in [0.1, 0.15) is 23.6 Å². The van der Waals surface area contributed by atoms with Crippen molar-refractivity contribution in [3.05, 3.63) is 79.1 Å². The number of aromatic amines is 1. The molecule has 0 saturated carbocycles. The van der Waals surface area contributed by atoms with Gasteiger partial charge in [-0.2, -0.15) is 0 Å². The van der Waals surface area contributed by atoms with Gasteiger partial charge in [0, 0.05) is 49.7 Å². The number of thiophene rings is 1. The molecular weight excluding hydrogens is 601 g/mol. The zero-order valence-corrected chi connectivity index (χ0v) is 26.3. The van der Waals surface area contributed by atoms with E-state index in [2.05, 4.69) is 15.2 Å². The Morgan fingerprint density at radius 3 is 2.66 bits per heavy atom. The number of thiazole rings is 1. The summed E-state index contributed by atoms with van der Waals surface area (Å²) in [6.45, 7) is 8.03. The number of ether oxygens (including phenoxy) is 2. The molecule has 2 aromatic carbocycles. The molecule has 6 rings (SSSR count). The van der Waals surface area contributed by atoms with Gasteiger partial charge in [0.25, 0.3) is 5.91 Å². The largest absolute Gasteiger partial charge is 0.506 e. The van der Waals surface area contributed by atoms with Crippen LogP contribution in [0.3, 0.4) is 0 Å². The third-order valence-electron chi connectivity index (χ3n) is 8.47. The Kier molecular flexibility index (Phi) is 9.36. The molecular formula is C32H38N4O6S2. The molecule has 0 radical (unpaired) electrons. The van der Waals surface area contributed by atoms with E-state index in [4.69, 9.17) is 9.47 Å². The first kappa shape index (κ1) is 30.8. The van der Waals surface area contributed by atoms with E-state index in [0.717, 1.165) is 64.9 Å². The monoisotopic (exact) mass is 638 g/mol. The van der Waals surface area contributed by atoms with Gasteiger partial charge < -0.3 is 34.9 Å². The standard InChI is InChI=1S/C32H38N4O6S2/c1-21-2-9-27(43-21)30(39)36-15-17-42-32(20-36)10-12-35(13-11-32)14-16-41-23-5-3-22(4-6-23)18-33-19-26(38)24-7-8-25(37)28-29(24)44-31(40)34-28/h2-9,26,33,37-38H,10-20H2,1H3,(H,34,40). The number of piperidine rings is 1. The van der Waals surface area contributed by atoms with Gasteiger partial charge in [-0.05, 0) is 55.7 Å². The number of aromatic nitrogens is 1. The summed E-state index contributed by atoms with van der Waals surface area (Å²) in [5, 5.41) is 23.9. The van der Waals surface area contributed by atoms with Crippen LogP contribution in [-0.2, 0) is 11.3 Å². The number of carbonyl (C=O) groups is 1. The lowest BCUT2D eigenvalue weighted by molar-refractivity contribution is -0.127. The second-order valence-corrected chi connectivity index (χ2v) is 13.8. The molecule has 4 N–H and O–H groups in total. The van der Waals surface area contributed by atoms with Crippen molar-refractivity contribution in [2.75, 3.05) is 52.5 Å². The van der Waals surface area contributed by atoms with Crippen LogP contribution in [0.15, 0.2) is 53.3 Å². The fraction of sp³-hybridized carbons (Fsp3) is 0.438. The third-order valence-corrected chi connectivity index (χ3v) is 10.4. The van der Waals surface area contributed by atoms with Crippen LogP contribution in [0.4, 0.5) is 0 Å². The van der Waals surface area contributed by atoms with Crippen LogP contribution in [0.25, 0.3) is 10.2 Å². The number of aryl methyl sites for hydroxylation is 1. The fourth-order valence-corrected chi connectivity index (χ4v) is 7.72. The number of likely N-dealkylation sites (tertiary alicyclic amines) is 1. The first-order valence-corrected chi connectivity index (χ1v) is 16.6. The molecule has 12 heteroatoms. The van der Waals surface area contributed by atoms with E-state index in [1.54, 1.807) is 17.4 Å². The zero-order chi connectivity index (χ0) is 30.7. The quantitative estimate of drug-likeness (QED) is 0.206. The van der Waals surface area contributed by atoms with E-state index in [1.807, 2.05) is 48.2 Å². The first-order valence-electron chi connectivity index (χ1n) is 15.0. The number of nitrogens with one attached hydrogen (secondary N) is 2. The number of aromatic hydroxyl groups is 1. The van der Waals surface area contributed by atoms with Crippen molar-refractivity contribution < 1.29 is 24.5 Å². The van der Waals surface area contributed by atoms with Crippen LogP contribution >= 0.6 is 22.7 Å². The van der Waals surface area contributed by atoms with Crippen molar-refractivity contribution in [3.8, 4) is 11.5 Å². The first-order chi connectivity index (χ1) is 21.3. The molecule has 4 heterocycles. The highest BCUT2D eigenvalue weighted by atomic mass is 32.1. The number of aliphatic hydroxyl groups excluding tert-OH is 1. The van der Waals surface area contributed by atoms with Gasteiger partial charge >= 0.3 is 4.87 Å². The molecule has 2 aliphatic rings. The summed E-state index contributed by atoms with van der Waals surface area (Å²) in [6, 6.07) is 15.0. The van der Waals surface area contributed by atoms with Crippen LogP contribution in [0.1, 0.15) is 44.6 Å². The number of hydrogen-bond donors (Lipinski definition) is 4. The van der Waals surface area contributed by atoms with Crippen molar-refractivity contribution in [1.82, 2.24) is 20.1 Å². The smallest absolute Gasteiger partial charge is 0.305 e. The number of phenolic OH excluding ortho intramolecular Hbond substituents is 1. The van der Waals surface area contributed by atoms with Crippen LogP contribution in [0.2, 0.25) is 0 Å². The number of nitrogens with zero attached hydrogens (tertiary/aromatic N) is 2. The Morgan fingerprint density at radius 1 is 1.11 bits per heavy atom. The maximum atomic E-state index is 13.0. The number of hydrogen-bond acceptors (Lipinski definition) is 10. The number of phenols is 1. The molecule has 44 heavy (non-hydrogen) atoms. The molecule has 1 spiro atoms. The second-order valence-electron chi connectivity index (χ2n) is 11.5. The van der Waals surface area contributed by atoms with Crippen molar-refractivity contribution >= 4 is 38.8 Å². The molecule has 2 aromatic heterocycles. The topological polar surface area (TPSA) is 127 Å². The molecule has 1 unspecified atom stereocenters. The van der Waals surface area contributed by atoms with Crippen molar-refractivity contribution in [1.29, 1.82) is 0 Å². The molecule has 1 atom stereocenters. The number of fused-ring (bicyclic) bond motifs is 1. The number of aliphatic hydroxyl groups is 1. The molecule has 10 nitrogen and oxygen atoms in total. The van der Waals surface area contributed by atoms with Crippen molar-refractivity contribution in [2.24, 2.45) is 0 Å². The maximum Gasteiger partial charge on any atom is 0.305 e. The number of morpholine rings is 1. The lowest BCUT2D eigenvalue weighted by Crippen LogP contribution is -2.58. The summed E-state index contributed by atoms with van der Waals surface area (Å²) in [7, 11) is 0. The minimum Gasteiger partial charge on any atom is -0.506 e. The van der Waals surface area contributed by atoms with Crippen LogP contribution in [0, 0.1) is 6.92 Å². The van der Waals surface area contributed by atoms with Crippen molar-refractivity contribution in [3.63, 3.8) is 0 Å². The number of H-pyrrole nitrogens is 1. The molecule has 0 bridgehead atoms. The predicted molar refractivity (Wildman–Crippen MR) is 172 cm³/mol. The molecule has 2 saturated heterocycles. The SMILES string of the molecule is Cc1ccc(C(=O)N2CCOC3(CCN(CCOc4ccc(CNCC(O)c5ccc(O)c6[nH]c(=O)sc56)cc4)CC3)C2)s1. The Morgan fingerprint density at radius 2 is 1.91 bits per heavy atom. The third kappa shape index (κ3) is 7.01. The van der Waals surface area contributed by atoms with Gasteiger partial charge in [0.15, 0.2) is 0 Å². The zero-order valence-electron chi connectivity index (χ0n) is 24.7. The van der Waals surface area contributed by atoms with Crippen LogP contribution < -0.4 is 14.9 Å². The minimum atomic E-state index is -0.821. The fourth-order valence-electron chi connectivity index (χ4n) is 5.97. The number of amides is 1. The summed E-state index contributed by atoms with van der Waals surface area (Å²) in [5.41, 5.74) is 1.77. The molecule has 234 valence electrons. The van der Waals surface area contributed by atoms with Gasteiger partial charge in [-0.25, -0.2) is 0 Å². The van der Waals surface area contributed by atoms with Gasteiger partial charge in [-0.3, -0.25) is 14.5 Å². The normalized spacial score (nSPS) is 17.7. The summed E-state index contributed by atoms with van der Waals surface area (Å²) < 4.78 is 12.8. The number of benzene rings is 2. The molecule has 0 aliphatic carbocycles. The summed E-state index contributed by atoms with van der Waals surface area (Å²) in [6.07, 6.45) is 0.984. The van der Waals surface area contributed by atoms with Gasteiger partial charge in [-0.15, -0.1) is 11.3 Å². The predicted octanol–water partition coefficient (Wildman–Crippen LogP) is 3.87. The van der Waals surface area contributed by atoms with E-state index >= 15 is 0 Å². The lowest BCUT2D eigenvalue weighted by Gasteiger charge is -2.47. The summed E-state index contributed by atoms with van der Waals surface area (Å²) in [5.74, 6) is 0.923. The molecule has 1 amide bonds. The maximum absolute atomic E-state index is 13.0. The van der Waals surface area contributed by atoms with Gasteiger partial charge in [-0.1, -0.05) is 29.5 Å². The minimum absolute atomic E-state index is 0.00577. The number of carbonyl (C=O) groups excluding carboxylic acids is 1. The molecule has 2 fully saturated rings. The van der Waals surface area contributed by atoms with E-state index in [9.17, 15) is 19.8 Å². The molecule has 4 aromatic rings. The van der Waals surface area contributed by atoms with E-state index < -0.39 is 6.10 Å². The van der Waals surface area contributed by atoms with Crippen molar-refractivity contribution in [2.45, 2.75) is 38.0 Å². The molecule has 2 aliphatic heterocycles. The average Bonchev–Trinajstić information content (AvgIpc) is 3.64.